The molecule has 0 saturated heterocycles. The van der Waals surface area contributed by atoms with E-state index in [1.165, 1.54) is 32.1 Å². The second-order valence-electron chi connectivity index (χ2n) is 5.67. The Balaban J connectivity index is 2.84. The van der Waals surface area contributed by atoms with E-state index in [4.69, 9.17) is 0 Å². The predicted molar refractivity (Wildman–Crippen MR) is 87.5 cm³/mol. The normalized spacial score (nSPS) is 12.5. The number of aromatic nitrogens is 2. The van der Waals surface area contributed by atoms with Gasteiger partial charge < -0.3 is 10.6 Å². The van der Waals surface area contributed by atoms with Gasteiger partial charge in [0, 0.05) is 25.1 Å². The summed E-state index contributed by atoms with van der Waals surface area (Å²) in [6.07, 6.45) is 6.10. The van der Waals surface area contributed by atoms with Crippen LogP contribution in [0.4, 0.5) is 11.6 Å². The highest BCUT2D eigenvalue weighted by molar-refractivity contribution is 5.48. The van der Waals surface area contributed by atoms with Crippen LogP contribution in [0, 0.1) is 0 Å². The summed E-state index contributed by atoms with van der Waals surface area (Å²) in [5.74, 6) is 3.06. The standard InChI is InChI=1S/C16H30N4/c1-6-8-10-13(9-7-2)18-15-11-14(17-5)19-16(20-15)12(3)4/h11-13H,6-10H2,1-5H3,(H2,17,18,19,20). The molecule has 4 heteroatoms. The van der Waals surface area contributed by atoms with E-state index in [2.05, 4.69) is 48.3 Å². The summed E-state index contributed by atoms with van der Waals surface area (Å²) >= 11 is 0. The lowest BCUT2D eigenvalue weighted by Crippen LogP contribution is -2.20. The highest BCUT2D eigenvalue weighted by Gasteiger charge is 2.11. The molecule has 1 unspecified atom stereocenters. The van der Waals surface area contributed by atoms with Gasteiger partial charge in [-0.2, -0.15) is 0 Å². The number of nitrogens with zero attached hydrogens (tertiary/aromatic N) is 2. The summed E-state index contributed by atoms with van der Waals surface area (Å²) in [4.78, 5) is 9.15. The Bertz CT molecular complexity index is 390. The summed E-state index contributed by atoms with van der Waals surface area (Å²) in [6.45, 7) is 8.72. The minimum atomic E-state index is 0.337. The lowest BCUT2D eigenvalue weighted by atomic mass is 10.1. The molecule has 2 N–H and O–H groups in total. The van der Waals surface area contributed by atoms with Gasteiger partial charge in [0.1, 0.15) is 17.5 Å². The van der Waals surface area contributed by atoms with Crippen LogP contribution in [-0.4, -0.2) is 23.1 Å². The number of nitrogens with one attached hydrogen (secondary N) is 2. The van der Waals surface area contributed by atoms with Crippen molar-refractivity contribution in [1.29, 1.82) is 0 Å². The monoisotopic (exact) mass is 278 g/mol. The smallest absolute Gasteiger partial charge is 0.135 e. The second-order valence-corrected chi connectivity index (χ2v) is 5.67. The number of anilines is 2. The van der Waals surface area contributed by atoms with E-state index < -0.39 is 0 Å². The second kappa shape index (κ2) is 8.77. The first-order chi connectivity index (χ1) is 9.60. The molecule has 0 aromatic carbocycles. The Morgan fingerprint density at radius 2 is 1.75 bits per heavy atom. The summed E-state index contributed by atoms with van der Waals surface area (Å²) in [5.41, 5.74) is 0. The van der Waals surface area contributed by atoms with E-state index >= 15 is 0 Å². The van der Waals surface area contributed by atoms with Crippen LogP contribution in [-0.2, 0) is 0 Å². The van der Waals surface area contributed by atoms with E-state index in [9.17, 15) is 0 Å². The number of hydrogen-bond acceptors (Lipinski definition) is 4. The molecule has 0 aliphatic carbocycles. The van der Waals surface area contributed by atoms with Gasteiger partial charge in [0.2, 0.25) is 0 Å². The van der Waals surface area contributed by atoms with Gasteiger partial charge in [-0.1, -0.05) is 47.0 Å². The van der Waals surface area contributed by atoms with Crippen LogP contribution >= 0.6 is 0 Å². The zero-order valence-electron chi connectivity index (χ0n) is 13.7. The molecular weight excluding hydrogens is 248 g/mol. The van der Waals surface area contributed by atoms with Crippen LogP contribution < -0.4 is 10.6 Å². The van der Waals surface area contributed by atoms with Crippen LogP contribution in [0.5, 0.6) is 0 Å². The van der Waals surface area contributed by atoms with Crippen molar-refractivity contribution in [3.05, 3.63) is 11.9 Å². The van der Waals surface area contributed by atoms with Crippen LogP contribution in [0.3, 0.4) is 0 Å². The summed E-state index contributed by atoms with van der Waals surface area (Å²) in [6, 6.07) is 2.51. The fourth-order valence-electron chi connectivity index (χ4n) is 2.22. The average Bonchev–Trinajstić information content (AvgIpc) is 2.44. The van der Waals surface area contributed by atoms with Crippen molar-refractivity contribution in [3.63, 3.8) is 0 Å². The number of hydrogen-bond donors (Lipinski definition) is 2. The zero-order valence-corrected chi connectivity index (χ0v) is 13.7. The molecule has 0 aliphatic rings. The Morgan fingerprint density at radius 3 is 2.30 bits per heavy atom. The molecule has 1 aromatic heterocycles. The van der Waals surface area contributed by atoms with Crippen molar-refractivity contribution in [3.8, 4) is 0 Å². The molecule has 1 aromatic rings. The molecule has 0 aliphatic heterocycles. The molecule has 0 bridgehead atoms. The van der Waals surface area contributed by atoms with Crippen molar-refractivity contribution in [2.75, 3.05) is 17.7 Å². The molecule has 0 radical (unpaired) electrons. The van der Waals surface area contributed by atoms with Crippen LogP contribution in [0.1, 0.15) is 71.5 Å². The van der Waals surface area contributed by atoms with E-state index in [1.807, 2.05) is 13.1 Å². The number of rotatable bonds is 9. The van der Waals surface area contributed by atoms with Crippen LogP contribution in [0.15, 0.2) is 6.07 Å². The molecule has 0 spiro atoms. The van der Waals surface area contributed by atoms with Gasteiger partial charge in [0.05, 0.1) is 0 Å². The molecule has 0 fully saturated rings. The van der Waals surface area contributed by atoms with Gasteiger partial charge in [-0.3, -0.25) is 0 Å². The Hall–Kier alpha value is -1.32. The minimum Gasteiger partial charge on any atom is -0.373 e. The predicted octanol–water partition coefficient (Wildman–Crippen LogP) is 4.41. The molecular formula is C16H30N4. The van der Waals surface area contributed by atoms with E-state index in [0.29, 0.717) is 12.0 Å². The van der Waals surface area contributed by atoms with Gasteiger partial charge in [0.15, 0.2) is 0 Å². The molecule has 1 atom stereocenters. The topological polar surface area (TPSA) is 49.8 Å². The van der Waals surface area contributed by atoms with Crippen LogP contribution in [0.25, 0.3) is 0 Å². The molecule has 20 heavy (non-hydrogen) atoms. The van der Waals surface area contributed by atoms with Crippen molar-refractivity contribution < 1.29 is 0 Å². The lowest BCUT2D eigenvalue weighted by molar-refractivity contribution is 0.562. The first-order valence-electron chi connectivity index (χ1n) is 7.93. The highest BCUT2D eigenvalue weighted by Crippen LogP contribution is 2.19. The maximum atomic E-state index is 4.65. The maximum absolute atomic E-state index is 4.65. The molecule has 114 valence electrons. The van der Waals surface area contributed by atoms with Gasteiger partial charge in [-0.25, -0.2) is 9.97 Å². The van der Waals surface area contributed by atoms with Crippen molar-refractivity contribution in [2.45, 2.75) is 71.8 Å². The van der Waals surface area contributed by atoms with Gasteiger partial charge >= 0.3 is 0 Å². The fraction of sp³-hybridized carbons (Fsp3) is 0.750. The highest BCUT2D eigenvalue weighted by atomic mass is 15.1. The third-order valence-corrected chi connectivity index (χ3v) is 3.41. The summed E-state index contributed by atoms with van der Waals surface area (Å²) in [7, 11) is 1.90. The molecule has 4 nitrogen and oxygen atoms in total. The zero-order chi connectivity index (χ0) is 15.0. The van der Waals surface area contributed by atoms with Gasteiger partial charge in [-0.05, 0) is 12.8 Å². The van der Waals surface area contributed by atoms with Gasteiger partial charge in [-0.15, -0.1) is 0 Å². The minimum absolute atomic E-state index is 0.337. The summed E-state index contributed by atoms with van der Waals surface area (Å²) < 4.78 is 0. The van der Waals surface area contributed by atoms with E-state index in [1.54, 1.807) is 0 Å². The quantitative estimate of drug-likeness (QED) is 0.702. The Morgan fingerprint density at radius 1 is 1.05 bits per heavy atom. The average molecular weight is 278 g/mol. The Kier molecular flexibility index (Phi) is 7.34. The van der Waals surface area contributed by atoms with E-state index in [0.717, 1.165) is 17.5 Å². The molecule has 0 amide bonds. The van der Waals surface area contributed by atoms with Crippen LogP contribution in [0.2, 0.25) is 0 Å². The van der Waals surface area contributed by atoms with E-state index in [-0.39, 0.29) is 0 Å². The molecule has 0 saturated carbocycles. The first-order valence-corrected chi connectivity index (χ1v) is 7.93. The van der Waals surface area contributed by atoms with Gasteiger partial charge in [0.25, 0.3) is 0 Å². The maximum Gasteiger partial charge on any atom is 0.135 e. The lowest BCUT2D eigenvalue weighted by Gasteiger charge is -2.19. The Labute approximate surface area is 123 Å². The third-order valence-electron chi connectivity index (χ3n) is 3.41. The fourth-order valence-corrected chi connectivity index (χ4v) is 2.22. The number of unbranched alkanes of at least 4 members (excludes halogenated alkanes) is 1. The van der Waals surface area contributed by atoms with Crippen molar-refractivity contribution >= 4 is 11.6 Å². The largest absolute Gasteiger partial charge is 0.373 e. The summed E-state index contributed by atoms with van der Waals surface area (Å²) in [5, 5.41) is 6.71. The van der Waals surface area contributed by atoms with Crippen molar-refractivity contribution in [2.24, 2.45) is 0 Å². The molecule has 1 heterocycles. The first kappa shape index (κ1) is 16.7. The SMILES string of the molecule is CCCCC(CCC)Nc1cc(NC)nc(C(C)C)n1. The third kappa shape index (κ3) is 5.35. The van der Waals surface area contributed by atoms with Crippen molar-refractivity contribution in [1.82, 2.24) is 9.97 Å². The molecule has 1 rings (SSSR count).